The maximum absolute atomic E-state index is 12.8. The summed E-state index contributed by atoms with van der Waals surface area (Å²) >= 11 is 0. The predicted molar refractivity (Wildman–Crippen MR) is 92.5 cm³/mol. The molecule has 0 aromatic heterocycles. The highest BCUT2D eigenvalue weighted by Gasteiger charge is 2.36. The maximum atomic E-state index is 12.8. The summed E-state index contributed by atoms with van der Waals surface area (Å²) in [6.07, 6.45) is -0.567. The van der Waals surface area contributed by atoms with Crippen LogP contribution in [0.5, 0.6) is 0 Å². The number of amides is 2. The molecule has 2 N–H and O–H groups in total. The van der Waals surface area contributed by atoms with E-state index in [1.54, 1.807) is 4.90 Å². The SMILES string of the molecule is CC(C)(C)[C@H](NC(=O)OCc1ccccc1)C(=O)N1CCNCC1. The van der Waals surface area contributed by atoms with Gasteiger partial charge in [-0.05, 0) is 11.0 Å². The Balaban J connectivity index is 1.95. The molecule has 1 aliphatic rings. The highest BCUT2D eigenvalue weighted by molar-refractivity contribution is 5.86. The van der Waals surface area contributed by atoms with E-state index < -0.39 is 17.6 Å². The van der Waals surface area contributed by atoms with E-state index in [0.717, 1.165) is 18.7 Å². The van der Waals surface area contributed by atoms with Crippen LogP contribution in [-0.4, -0.2) is 49.1 Å². The molecule has 1 aromatic rings. The van der Waals surface area contributed by atoms with Crippen LogP contribution in [0.15, 0.2) is 30.3 Å². The molecule has 1 heterocycles. The van der Waals surface area contributed by atoms with Gasteiger partial charge < -0.3 is 20.3 Å². The minimum atomic E-state index is -0.612. The zero-order valence-electron chi connectivity index (χ0n) is 14.7. The lowest BCUT2D eigenvalue weighted by atomic mass is 9.85. The summed E-state index contributed by atoms with van der Waals surface area (Å²) < 4.78 is 5.26. The highest BCUT2D eigenvalue weighted by Crippen LogP contribution is 2.21. The van der Waals surface area contributed by atoms with Crippen LogP contribution < -0.4 is 10.6 Å². The van der Waals surface area contributed by atoms with Crippen LogP contribution in [0.4, 0.5) is 4.79 Å². The first kappa shape index (κ1) is 18.3. The van der Waals surface area contributed by atoms with Gasteiger partial charge in [0.1, 0.15) is 12.6 Å². The van der Waals surface area contributed by atoms with Crippen molar-refractivity contribution in [3.05, 3.63) is 35.9 Å². The van der Waals surface area contributed by atoms with Gasteiger partial charge in [0.05, 0.1) is 0 Å². The molecule has 24 heavy (non-hydrogen) atoms. The van der Waals surface area contributed by atoms with E-state index in [1.165, 1.54) is 0 Å². The van der Waals surface area contributed by atoms with Gasteiger partial charge in [0.15, 0.2) is 0 Å². The Morgan fingerprint density at radius 2 is 1.83 bits per heavy atom. The van der Waals surface area contributed by atoms with Crippen LogP contribution in [0.1, 0.15) is 26.3 Å². The zero-order valence-corrected chi connectivity index (χ0v) is 14.7. The number of piperazine rings is 1. The molecule has 0 saturated carbocycles. The van der Waals surface area contributed by atoms with Gasteiger partial charge in [-0.15, -0.1) is 0 Å². The fraction of sp³-hybridized carbons (Fsp3) is 0.556. The molecule has 1 saturated heterocycles. The van der Waals surface area contributed by atoms with Gasteiger partial charge in [0.2, 0.25) is 5.91 Å². The summed E-state index contributed by atoms with van der Waals surface area (Å²) in [5, 5.41) is 5.97. The van der Waals surface area contributed by atoms with Crippen molar-refractivity contribution in [2.75, 3.05) is 26.2 Å². The van der Waals surface area contributed by atoms with Gasteiger partial charge in [-0.3, -0.25) is 4.79 Å². The number of nitrogens with one attached hydrogen (secondary N) is 2. The summed E-state index contributed by atoms with van der Waals surface area (Å²) in [4.78, 5) is 26.7. The lowest BCUT2D eigenvalue weighted by Crippen LogP contribution is -2.58. The first-order valence-corrected chi connectivity index (χ1v) is 8.34. The Morgan fingerprint density at radius 1 is 1.21 bits per heavy atom. The van der Waals surface area contributed by atoms with Gasteiger partial charge in [0, 0.05) is 26.2 Å². The van der Waals surface area contributed by atoms with Gasteiger partial charge in [-0.1, -0.05) is 51.1 Å². The Hall–Kier alpha value is -2.08. The van der Waals surface area contributed by atoms with E-state index in [9.17, 15) is 9.59 Å². The summed E-state index contributed by atoms with van der Waals surface area (Å²) in [7, 11) is 0. The number of benzene rings is 1. The number of hydrogen-bond donors (Lipinski definition) is 2. The standard InChI is InChI=1S/C18H27N3O3/c1-18(2,3)15(16(22)21-11-9-19-10-12-21)20-17(23)24-13-14-7-5-4-6-8-14/h4-8,15,19H,9-13H2,1-3H3,(H,20,23)/t15-/m1/s1. The summed E-state index contributed by atoms with van der Waals surface area (Å²) in [6, 6.07) is 8.86. The van der Waals surface area contributed by atoms with Crippen molar-refractivity contribution in [1.29, 1.82) is 0 Å². The molecule has 6 heteroatoms. The van der Waals surface area contributed by atoms with Crippen molar-refractivity contribution < 1.29 is 14.3 Å². The summed E-state index contributed by atoms with van der Waals surface area (Å²) in [6.45, 7) is 8.88. The van der Waals surface area contributed by atoms with E-state index in [2.05, 4.69) is 10.6 Å². The molecular weight excluding hydrogens is 306 g/mol. The van der Waals surface area contributed by atoms with Crippen LogP contribution in [0.25, 0.3) is 0 Å². The predicted octanol–water partition coefficient (Wildman–Crippen LogP) is 1.76. The van der Waals surface area contributed by atoms with Crippen molar-refractivity contribution >= 4 is 12.0 Å². The molecule has 1 fully saturated rings. The van der Waals surface area contributed by atoms with Gasteiger partial charge >= 0.3 is 6.09 Å². The molecule has 0 bridgehead atoms. The fourth-order valence-corrected chi connectivity index (χ4v) is 2.60. The number of carbonyl (C=O) groups is 2. The smallest absolute Gasteiger partial charge is 0.408 e. The quantitative estimate of drug-likeness (QED) is 0.881. The normalized spacial score (nSPS) is 16.4. The highest BCUT2D eigenvalue weighted by atomic mass is 16.5. The lowest BCUT2D eigenvalue weighted by Gasteiger charge is -2.36. The van der Waals surface area contributed by atoms with Crippen molar-refractivity contribution in [2.45, 2.75) is 33.4 Å². The Kier molecular flexibility index (Phi) is 6.20. The number of rotatable bonds is 4. The van der Waals surface area contributed by atoms with Crippen molar-refractivity contribution in [3.63, 3.8) is 0 Å². The molecule has 0 spiro atoms. The molecule has 0 radical (unpaired) electrons. The minimum absolute atomic E-state index is 0.0549. The van der Waals surface area contributed by atoms with Crippen LogP contribution in [0.2, 0.25) is 0 Å². The molecule has 1 aliphatic heterocycles. The second-order valence-corrected chi connectivity index (χ2v) is 7.08. The van der Waals surface area contributed by atoms with Crippen molar-refractivity contribution in [3.8, 4) is 0 Å². The molecular formula is C18H27N3O3. The molecule has 2 rings (SSSR count). The second-order valence-electron chi connectivity index (χ2n) is 7.08. The zero-order chi connectivity index (χ0) is 17.6. The first-order valence-electron chi connectivity index (χ1n) is 8.34. The molecule has 132 valence electrons. The van der Waals surface area contributed by atoms with Gasteiger partial charge in [-0.2, -0.15) is 0 Å². The first-order chi connectivity index (χ1) is 11.4. The second kappa shape index (κ2) is 8.15. The molecule has 0 unspecified atom stereocenters. The Morgan fingerprint density at radius 3 is 2.42 bits per heavy atom. The van der Waals surface area contributed by atoms with Crippen LogP contribution in [0, 0.1) is 5.41 Å². The maximum Gasteiger partial charge on any atom is 0.408 e. The molecule has 2 amide bonds. The topological polar surface area (TPSA) is 70.7 Å². The average molecular weight is 333 g/mol. The third kappa shape index (κ3) is 5.23. The largest absolute Gasteiger partial charge is 0.445 e. The summed E-state index contributed by atoms with van der Waals surface area (Å²) in [5.41, 5.74) is 0.515. The van der Waals surface area contributed by atoms with Crippen LogP contribution in [0.3, 0.4) is 0 Å². The Labute approximate surface area is 143 Å². The van der Waals surface area contributed by atoms with Crippen LogP contribution in [-0.2, 0) is 16.1 Å². The number of nitrogens with zero attached hydrogens (tertiary/aromatic N) is 1. The third-order valence-electron chi connectivity index (χ3n) is 4.02. The van der Waals surface area contributed by atoms with Crippen molar-refractivity contribution in [2.24, 2.45) is 5.41 Å². The molecule has 1 aromatic carbocycles. The van der Waals surface area contributed by atoms with E-state index in [4.69, 9.17) is 4.74 Å². The third-order valence-corrected chi connectivity index (χ3v) is 4.02. The Bertz CT molecular complexity index is 548. The molecule has 6 nitrogen and oxygen atoms in total. The molecule has 0 aliphatic carbocycles. The van der Waals surface area contributed by atoms with Crippen molar-refractivity contribution in [1.82, 2.24) is 15.5 Å². The van der Waals surface area contributed by atoms with Gasteiger partial charge in [0.25, 0.3) is 0 Å². The van der Waals surface area contributed by atoms with E-state index in [-0.39, 0.29) is 12.5 Å². The number of carbonyl (C=O) groups excluding carboxylic acids is 2. The van der Waals surface area contributed by atoms with Crippen LogP contribution >= 0.6 is 0 Å². The number of ether oxygens (including phenoxy) is 1. The molecule has 1 atom stereocenters. The van der Waals surface area contributed by atoms with E-state index in [0.29, 0.717) is 13.1 Å². The minimum Gasteiger partial charge on any atom is -0.445 e. The number of hydrogen-bond acceptors (Lipinski definition) is 4. The summed E-state index contributed by atoms with van der Waals surface area (Å²) in [5.74, 6) is -0.0549. The number of alkyl carbamates (subject to hydrolysis) is 1. The monoisotopic (exact) mass is 333 g/mol. The lowest BCUT2D eigenvalue weighted by molar-refractivity contribution is -0.136. The van der Waals surface area contributed by atoms with Gasteiger partial charge in [-0.25, -0.2) is 4.79 Å². The fourth-order valence-electron chi connectivity index (χ4n) is 2.60. The average Bonchev–Trinajstić information content (AvgIpc) is 2.58. The van der Waals surface area contributed by atoms with E-state index >= 15 is 0 Å². The van der Waals surface area contributed by atoms with E-state index in [1.807, 2.05) is 51.1 Å².